The van der Waals surface area contributed by atoms with Gasteiger partial charge < -0.3 is 24.8 Å². The summed E-state index contributed by atoms with van der Waals surface area (Å²) in [5.41, 5.74) is 5.54. The number of primary amides is 1. The Labute approximate surface area is 166 Å². The molecule has 154 valence electrons. The van der Waals surface area contributed by atoms with Gasteiger partial charge in [-0.3, -0.25) is 19.7 Å². The van der Waals surface area contributed by atoms with Gasteiger partial charge in [0.05, 0.1) is 29.9 Å². The molecule has 0 bridgehead atoms. The first kappa shape index (κ1) is 21.6. The summed E-state index contributed by atoms with van der Waals surface area (Å²) in [6, 6.07) is 8.10. The van der Waals surface area contributed by atoms with E-state index >= 15 is 0 Å². The van der Waals surface area contributed by atoms with E-state index in [2.05, 4.69) is 0 Å². The van der Waals surface area contributed by atoms with Crippen LogP contribution in [0.15, 0.2) is 36.4 Å². The average molecular weight is 403 g/mol. The van der Waals surface area contributed by atoms with Gasteiger partial charge in [-0.15, -0.1) is 0 Å². The molecule has 29 heavy (non-hydrogen) atoms. The van der Waals surface area contributed by atoms with Crippen molar-refractivity contribution in [3.05, 3.63) is 57.6 Å². The maximum atomic E-state index is 12.9. The van der Waals surface area contributed by atoms with Gasteiger partial charge in [-0.25, -0.2) is 0 Å². The summed E-state index contributed by atoms with van der Waals surface area (Å²) in [6.45, 7) is 0.537. The quantitative estimate of drug-likeness (QED) is 0.384. The second-order valence-corrected chi connectivity index (χ2v) is 5.90. The molecule has 2 aromatic rings. The normalized spacial score (nSPS) is 10.3. The molecular weight excluding hydrogens is 382 g/mol. The van der Waals surface area contributed by atoms with E-state index in [1.54, 1.807) is 0 Å². The van der Waals surface area contributed by atoms with Crippen LogP contribution in [0.3, 0.4) is 0 Å². The molecule has 0 fully saturated rings. The third kappa shape index (κ3) is 4.99. The molecule has 10 nitrogen and oxygen atoms in total. The van der Waals surface area contributed by atoms with Crippen LogP contribution < -0.4 is 20.1 Å². The van der Waals surface area contributed by atoms with Crippen LogP contribution in [0.2, 0.25) is 0 Å². The minimum atomic E-state index is -0.780. The van der Waals surface area contributed by atoms with Crippen LogP contribution in [0, 0.1) is 10.1 Å². The highest BCUT2D eigenvalue weighted by molar-refractivity contribution is 6.10. The maximum absolute atomic E-state index is 12.9. The molecule has 0 atom stereocenters. The molecule has 10 heteroatoms. The van der Waals surface area contributed by atoms with Crippen LogP contribution in [-0.4, -0.2) is 51.2 Å². The van der Waals surface area contributed by atoms with Crippen molar-refractivity contribution in [3.8, 4) is 11.5 Å². The van der Waals surface area contributed by atoms with Crippen molar-refractivity contribution in [1.82, 2.24) is 0 Å². The van der Waals surface area contributed by atoms with E-state index < -0.39 is 16.7 Å². The molecule has 0 spiro atoms. The largest absolute Gasteiger partial charge is 0.493 e. The van der Waals surface area contributed by atoms with Gasteiger partial charge in [-0.2, -0.15) is 0 Å². The topological polar surface area (TPSA) is 134 Å². The van der Waals surface area contributed by atoms with Crippen molar-refractivity contribution < 1.29 is 28.7 Å². The predicted molar refractivity (Wildman–Crippen MR) is 105 cm³/mol. The number of ether oxygens (including phenoxy) is 3. The fourth-order valence-electron chi connectivity index (χ4n) is 2.59. The van der Waals surface area contributed by atoms with E-state index in [0.29, 0.717) is 6.61 Å². The lowest BCUT2D eigenvalue weighted by Crippen LogP contribution is -2.29. The van der Waals surface area contributed by atoms with E-state index in [0.717, 1.165) is 6.07 Å². The lowest BCUT2D eigenvalue weighted by Gasteiger charge is -2.22. The van der Waals surface area contributed by atoms with Crippen molar-refractivity contribution in [1.29, 1.82) is 0 Å². The van der Waals surface area contributed by atoms with Gasteiger partial charge in [0, 0.05) is 37.9 Å². The molecule has 0 radical (unpaired) electrons. The molecule has 0 saturated carbocycles. The number of amides is 2. The molecule has 0 saturated heterocycles. The first-order valence-electron chi connectivity index (χ1n) is 8.46. The lowest BCUT2D eigenvalue weighted by atomic mass is 10.1. The number of methoxy groups -OCH3 is 2. The Bertz CT molecular complexity index is 930. The molecule has 0 aliphatic carbocycles. The number of nitrogens with two attached hydrogens (primary N) is 1. The van der Waals surface area contributed by atoms with Gasteiger partial charge in [0.25, 0.3) is 17.5 Å². The van der Waals surface area contributed by atoms with Crippen LogP contribution in [0.5, 0.6) is 11.5 Å². The number of hydrogen-bond acceptors (Lipinski definition) is 7. The summed E-state index contributed by atoms with van der Waals surface area (Å²) < 4.78 is 15.8. The van der Waals surface area contributed by atoms with Crippen LogP contribution in [0.1, 0.15) is 20.7 Å². The number of carbonyl (C=O) groups is 2. The van der Waals surface area contributed by atoms with E-state index in [4.69, 9.17) is 19.9 Å². The first-order valence-corrected chi connectivity index (χ1v) is 8.46. The standard InChI is InChI=1S/C19H21N3O7/c1-21(19(24)12-5-4-6-13(9-12)22(25)26)15-11-16(28-3)17(29-8-7-27-2)10-14(15)18(20)23/h4-6,9-11H,7-8H2,1-3H3,(H2,20,23). The smallest absolute Gasteiger partial charge is 0.270 e. The van der Waals surface area contributed by atoms with Gasteiger partial charge >= 0.3 is 0 Å². The molecule has 2 N–H and O–H groups in total. The molecule has 2 rings (SSSR count). The second kappa shape index (κ2) is 9.51. The summed E-state index contributed by atoms with van der Waals surface area (Å²) in [4.78, 5) is 36.4. The summed E-state index contributed by atoms with van der Waals surface area (Å²) >= 11 is 0. The minimum absolute atomic E-state index is 0.0273. The van der Waals surface area contributed by atoms with Gasteiger partial charge in [-0.05, 0) is 12.1 Å². The van der Waals surface area contributed by atoms with Crippen molar-refractivity contribution in [2.24, 2.45) is 5.73 Å². The molecule has 0 aliphatic rings. The van der Waals surface area contributed by atoms with Crippen molar-refractivity contribution in [3.63, 3.8) is 0 Å². The number of non-ortho nitro benzene ring substituents is 1. The van der Waals surface area contributed by atoms with E-state index in [1.807, 2.05) is 0 Å². The number of carbonyl (C=O) groups excluding carboxylic acids is 2. The highest BCUT2D eigenvalue weighted by atomic mass is 16.6. The summed E-state index contributed by atoms with van der Waals surface area (Å²) in [5.74, 6) is -0.803. The molecule has 2 aromatic carbocycles. The molecule has 2 amide bonds. The Morgan fingerprint density at radius 1 is 1.14 bits per heavy atom. The molecule has 0 unspecified atom stereocenters. The Hall–Kier alpha value is -3.66. The van der Waals surface area contributed by atoms with Crippen molar-refractivity contribution in [2.75, 3.05) is 39.4 Å². The zero-order valence-corrected chi connectivity index (χ0v) is 16.2. The average Bonchev–Trinajstić information content (AvgIpc) is 2.72. The number of nitrogens with zero attached hydrogens (tertiary/aromatic N) is 2. The zero-order chi connectivity index (χ0) is 21.6. The van der Waals surface area contributed by atoms with E-state index in [1.165, 1.54) is 56.5 Å². The van der Waals surface area contributed by atoms with Crippen molar-refractivity contribution >= 4 is 23.2 Å². The molecule has 0 heterocycles. The predicted octanol–water partition coefficient (Wildman–Crippen LogP) is 2.00. The lowest BCUT2D eigenvalue weighted by molar-refractivity contribution is -0.384. The van der Waals surface area contributed by atoms with Gasteiger partial charge in [0.15, 0.2) is 11.5 Å². The van der Waals surface area contributed by atoms with Crippen LogP contribution in [-0.2, 0) is 4.74 Å². The third-order valence-corrected chi connectivity index (χ3v) is 4.06. The van der Waals surface area contributed by atoms with Crippen LogP contribution >= 0.6 is 0 Å². The Balaban J connectivity index is 2.45. The summed E-state index contributed by atoms with van der Waals surface area (Å²) in [6.07, 6.45) is 0. The fourth-order valence-corrected chi connectivity index (χ4v) is 2.59. The number of nitro benzene ring substituents is 1. The SMILES string of the molecule is COCCOc1cc(C(N)=O)c(N(C)C(=O)c2cccc([N+](=O)[O-])c2)cc1OC. The Kier molecular flexibility index (Phi) is 7.10. The van der Waals surface area contributed by atoms with E-state index in [9.17, 15) is 19.7 Å². The molecule has 0 aromatic heterocycles. The highest BCUT2D eigenvalue weighted by Crippen LogP contribution is 2.35. The number of anilines is 1. The summed E-state index contributed by atoms with van der Waals surface area (Å²) in [7, 11) is 4.36. The number of rotatable bonds is 9. The fraction of sp³-hybridized carbons (Fsp3) is 0.263. The molecule has 0 aliphatic heterocycles. The second-order valence-electron chi connectivity index (χ2n) is 5.90. The third-order valence-electron chi connectivity index (χ3n) is 4.06. The van der Waals surface area contributed by atoms with Gasteiger partial charge in [0.1, 0.15) is 6.61 Å². The maximum Gasteiger partial charge on any atom is 0.270 e. The zero-order valence-electron chi connectivity index (χ0n) is 16.2. The molecular formula is C19H21N3O7. The number of benzene rings is 2. The first-order chi connectivity index (χ1) is 13.8. The minimum Gasteiger partial charge on any atom is -0.493 e. The van der Waals surface area contributed by atoms with Gasteiger partial charge in [-0.1, -0.05) is 6.07 Å². The monoisotopic (exact) mass is 403 g/mol. The van der Waals surface area contributed by atoms with Crippen molar-refractivity contribution in [2.45, 2.75) is 0 Å². The van der Waals surface area contributed by atoms with Gasteiger partial charge in [0.2, 0.25) is 0 Å². The Morgan fingerprint density at radius 3 is 2.45 bits per heavy atom. The highest BCUT2D eigenvalue weighted by Gasteiger charge is 2.23. The van der Waals surface area contributed by atoms with E-state index in [-0.39, 0.29) is 40.6 Å². The van der Waals surface area contributed by atoms with Crippen LogP contribution in [0.25, 0.3) is 0 Å². The summed E-state index contributed by atoms with van der Waals surface area (Å²) in [5, 5.41) is 11.0. The van der Waals surface area contributed by atoms with Crippen LogP contribution in [0.4, 0.5) is 11.4 Å². The Morgan fingerprint density at radius 2 is 1.86 bits per heavy atom. The number of nitro groups is 1. The number of hydrogen-bond donors (Lipinski definition) is 1.